The van der Waals surface area contributed by atoms with Crippen molar-refractivity contribution in [3.05, 3.63) is 65.2 Å². The first-order chi connectivity index (χ1) is 14.5. The number of aryl methyl sites for hydroxylation is 1. The molecule has 30 heavy (non-hydrogen) atoms. The molecule has 1 saturated heterocycles. The van der Waals surface area contributed by atoms with Crippen molar-refractivity contribution in [1.29, 1.82) is 0 Å². The van der Waals surface area contributed by atoms with Gasteiger partial charge in [0, 0.05) is 18.2 Å². The molecule has 1 aliphatic heterocycles. The number of piperidine rings is 1. The molecule has 3 rings (SSSR count). The maximum atomic E-state index is 12.7. The maximum Gasteiger partial charge on any atom is 0.267 e. The van der Waals surface area contributed by atoms with Crippen LogP contribution in [0.2, 0.25) is 0 Å². The van der Waals surface area contributed by atoms with E-state index in [2.05, 4.69) is 22.5 Å². The second-order valence-corrected chi connectivity index (χ2v) is 8.03. The van der Waals surface area contributed by atoms with E-state index in [0.717, 1.165) is 37.5 Å². The van der Waals surface area contributed by atoms with E-state index in [-0.39, 0.29) is 17.5 Å². The molecule has 1 fully saturated rings. The highest BCUT2D eigenvalue weighted by atomic mass is 16.3. The van der Waals surface area contributed by atoms with Crippen LogP contribution in [0.25, 0.3) is 6.08 Å². The Morgan fingerprint density at radius 1 is 1.20 bits per heavy atom. The smallest absolute Gasteiger partial charge is 0.267 e. The molecule has 6 nitrogen and oxygen atoms in total. The third kappa shape index (κ3) is 6.59. The van der Waals surface area contributed by atoms with E-state index in [9.17, 15) is 9.59 Å². The van der Waals surface area contributed by atoms with Gasteiger partial charge in [0.2, 0.25) is 0 Å². The van der Waals surface area contributed by atoms with Crippen LogP contribution in [0.3, 0.4) is 0 Å². The largest absolute Gasteiger partial charge is 0.465 e. The van der Waals surface area contributed by atoms with Gasteiger partial charge in [-0.2, -0.15) is 0 Å². The third-order valence-electron chi connectivity index (χ3n) is 5.42. The lowest BCUT2D eigenvalue weighted by molar-refractivity contribution is -0.117. The van der Waals surface area contributed by atoms with Crippen molar-refractivity contribution in [2.24, 2.45) is 5.92 Å². The number of furan rings is 1. The quantitative estimate of drug-likeness (QED) is 0.516. The van der Waals surface area contributed by atoms with Crippen molar-refractivity contribution in [2.45, 2.75) is 33.1 Å². The molecule has 0 unspecified atom stereocenters. The fourth-order valence-electron chi connectivity index (χ4n) is 3.54. The molecule has 0 saturated carbocycles. The number of carbonyl (C=O) groups excluding carboxylic acids is 2. The number of amides is 2. The normalized spacial score (nSPS) is 15.7. The Hall–Kier alpha value is -2.86. The molecule has 160 valence electrons. The van der Waals surface area contributed by atoms with Crippen LogP contribution in [0.1, 0.15) is 47.9 Å². The highest BCUT2D eigenvalue weighted by Crippen LogP contribution is 2.15. The molecule has 1 aliphatic rings. The zero-order valence-corrected chi connectivity index (χ0v) is 17.8. The van der Waals surface area contributed by atoms with Crippen LogP contribution in [0.4, 0.5) is 0 Å². The highest BCUT2D eigenvalue weighted by Gasteiger charge is 2.17. The van der Waals surface area contributed by atoms with E-state index in [1.165, 1.54) is 19.1 Å². The van der Waals surface area contributed by atoms with Gasteiger partial charge in [0.1, 0.15) is 11.5 Å². The number of hydrogen-bond donors (Lipinski definition) is 2. The van der Waals surface area contributed by atoms with Gasteiger partial charge < -0.3 is 20.0 Å². The second-order valence-electron chi connectivity index (χ2n) is 8.03. The standard InChI is InChI=1S/C24H31N3O3/c1-18-9-13-27(14-10-18)12-5-11-25-24(29)22(17-21-8-4-15-30-21)26-23(28)20-7-3-6-19(2)16-20/h3-4,6-8,15-18H,5,9-14H2,1-2H3,(H,25,29)(H,26,28)/b22-17-. The molecular weight excluding hydrogens is 378 g/mol. The van der Waals surface area contributed by atoms with Crippen molar-refractivity contribution in [3.63, 3.8) is 0 Å². The minimum Gasteiger partial charge on any atom is -0.465 e. The van der Waals surface area contributed by atoms with E-state index in [4.69, 9.17) is 4.42 Å². The molecule has 6 heteroatoms. The summed E-state index contributed by atoms with van der Waals surface area (Å²) in [6, 6.07) is 10.7. The summed E-state index contributed by atoms with van der Waals surface area (Å²) >= 11 is 0. The number of benzene rings is 1. The molecule has 1 aromatic heterocycles. The Morgan fingerprint density at radius 3 is 2.70 bits per heavy atom. The molecule has 1 aromatic carbocycles. The van der Waals surface area contributed by atoms with Crippen molar-refractivity contribution in [1.82, 2.24) is 15.5 Å². The number of rotatable bonds is 8. The number of hydrogen-bond acceptors (Lipinski definition) is 4. The zero-order chi connectivity index (χ0) is 21.3. The Bertz CT molecular complexity index is 866. The minimum absolute atomic E-state index is 0.170. The lowest BCUT2D eigenvalue weighted by atomic mass is 9.99. The first-order valence-corrected chi connectivity index (χ1v) is 10.6. The molecule has 2 amide bonds. The highest BCUT2D eigenvalue weighted by molar-refractivity contribution is 6.05. The van der Waals surface area contributed by atoms with E-state index in [1.54, 1.807) is 30.3 Å². The molecule has 0 spiro atoms. The molecule has 2 aromatic rings. The fourth-order valence-corrected chi connectivity index (χ4v) is 3.54. The number of nitrogens with zero attached hydrogens (tertiary/aromatic N) is 1. The lowest BCUT2D eigenvalue weighted by Crippen LogP contribution is -2.37. The summed E-state index contributed by atoms with van der Waals surface area (Å²) in [5.41, 5.74) is 1.66. The Morgan fingerprint density at radius 2 is 2.00 bits per heavy atom. The van der Waals surface area contributed by atoms with Crippen LogP contribution in [-0.2, 0) is 4.79 Å². The second kappa shape index (κ2) is 10.8. The summed E-state index contributed by atoms with van der Waals surface area (Å²) in [5, 5.41) is 5.65. The summed E-state index contributed by atoms with van der Waals surface area (Å²) in [5.74, 6) is 0.674. The van der Waals surface area contributed by atoms with Gasteiger partial charge in [-0.15, -0.1) is 0 Å². The van der Waals surface area contributed by atoms with Crippen LogP contribution < -0.4 is 10.6 Å². The number of likely N-dealkylation sites (tertiary alicyclic amines) is 1. The van der Waals surface area contributed by atoms with E-state index in [0.29, 0.717) is 17.9 Å². The number of nitrogens with one attached hydrogen (secondary N) is 2. The van der Waals surface area contributed by atoms with Gasteiger partial charge in [-0.1, -0.05) is 24.6 Å². The summed E-state index contributed by atoms with van der Waals surface area (Å²) < 4.78 is 5.32. The maximum absolute atomic E-state index is 12.7. The predicted octanol–water partition coefficient (Wildman–Crippen LogP) is 3.60. The third-order valence-corrected chi connectivity index (χ3v) is 5.42. The summed E-state index contributed by atoms with van der Waals surface area (Å²) in [6.45, 7) is 8.01. The van der Waals surface area contributed by atoms with Crippen molar-refractivity contribution in [2.75, 3.05) is 26.2 Å². The van der Waals surface area contributed by atoms with E-state index < -0.39 is 0 Å². The lowest BCUT2D eigenvalue weighted by Gasteiger charge is -2.30. The fraction of sp³-hybridized carbons (Fsp3) is 0.417. The van der Waals surface area contributed by atoms with Gasteiger partial charge in [-0.25, -0.2) is 0 Å². The van der Waals surface area contributed by atoms with Crippen LogP contribution in [0.5, 0.6) is 0 Å². The minimum atomic E-state index is -0.325. The van der Waals surface area contributed by atoms with Crippen molar-refractivity contribution in [3.8, 4) is 0 Å². The Kier molecular flexibility index (Phi) is 7.85. The summed E-state index contributed by atoms with van der Waals surface area (Å²) in [4.78, 5) is 27.8. The molecule has 0 radical (unpaired) electrons. The molecule has 2 N–H and O–H groups in total. The van der Waals surface area contributed by atoms with Gasteiger partial charge >= 0.3 is 0 Å². The zero-order valence-electron chi connectivity index (χ0n) is 17.8. The summed E-state index contributed by atoms with van der Waals surface area (Å²) in [7, 11) is 0. The van der Waals surface area contributed by atoms with E-state index >= 15 is 0 Å². The first kappa shape index (κ1) is 21.8. The van der Waals surface area contributed by atoms with Crippen LogP contribution in [0, 0.1) is 12.8 Å². The Labute approximate surface area is 178 Å². The van der Waals surface area contributed by atoms with Gasteiger partial charge in [-0.3, -0.25) is 9.59 Å². The first-order valence-electron chi connectivity index (χ1n) is 10.6. The van der Waals surface area contributed by atoms with Gasteiger partial charge in [-0.05, 0) is 76.0 Å². The van der Waals surface area contributed by atoms with Gasteiger partial charge in [0.05, 0.1) is 6.26 Å². The van der Waals surface area contributed by atoms with Crippen molar-refractivity contribution < 1.29 is 14.0 Å². The monoisotopic (exact) mass is 409 g/mol. The molecule has 2 heterocycles. The SMILES string of the molecule is Cc1cccc(C(=O)N/C(=C\c2ccco2)C(=O)NCCCN2CCC(C)CC2)c1. The predicted molar refractivity (Wildman–Crippen MR) is 118 cm³/mol. The summed E-state index contributed by atoms with van der Waals surface area (Å²) in [6.07, 6.45) is 6.44. The van der Waals surface area contributed by atoms with Gasteiger partial charge in [0.15, 0.2) is 0 Å². The molecule has 0 bridgehead atoms. The molecule has 0 aliphatic carbocycles. The molecular formula is C24H31N3O3. The number of carbonyl (C=O) groups is 2. The van der Waals surface area contributed by atoms with E-state index in [1.807, 2.05) is 19.1 Å². The van der Waals surface area contributed by atoms with Crippen LogP contribution in [0.15, 0.2) is 52.8 Å². The molecule has 0 atom stereocenters. The van der Waals surface area contributed by atoms with Crippen molar-refractivity contribution >= 4 is 17.9 Å². The van der Waals surface area contributed by atoms with Crippen LogP contribution >= 0.6 is 0 Å². The Balaban J connectivity index is 1.56. The average Bonchev–Trinajstić information content (AvgIpc) is 3.25. The van der Waals surface area contributed by atoms with Crippen LogP contribution in [-0.4, -0.2) is 42.9 Å². The van der Waals surface area contributed by atoms with Gasteiger partial charge in [0.25, 0.3) is 11.8 Å². The average molecular weight is 410 g/mol. The topological polar surface area (TPSA) is 74.6 Å².